The Balaban J connectivity index is 1.59. The predicted octanol–water partition coefficient (Wildman–Crippen LogP) is 3.67. The quantitative estimate of drug-likeness (QED) is 0.828. The van der Waals surface area contributed by atoms with Crippen LogP contribution in [0.2, 0.25) is 5.02 Å². The molecule has 2 atom stereocenters. The van der Waals surface area contributed by atoms with Crippen molar-refractivity contribution in [2.45, 2.75) is 12.3 Å². The van der Waals surface area contributed by atoms with Gasteiger partial charge in [0.1, 0.15) is 6.61 Å². The zero-order valence-corrected chi connectivity index (χ0v) is 14.5. The Labute approximate surface area is 151 Å². The van der Waals surface area contributed by atoms with E-state index in [0.29, 0.717) is 16.4 Å². The molecule has 0 saturated heterocycles. The number of ether oxygens (including phenoxy) is 1. The molecule has 0 aromatic heterocycles. The summed E-state index contributed by atoms with van der Waals surface area (Å²) in [6, 6.07) is 14.7. The fourth-order valence-corrected chi connectivity index (χ4v) is 3.03. The number of hydrogen-bond donors (Lipinski definition) is 2. The lowest BCUT2D eigenvalue weighted by atomic mass is 10.1. The Kier molecular flexibility index (Phi) is 5.36. The minimum Gasteiger partial charge on any atom is -0.375 e. The number of hydrogen-bond acceptors (Lipinski definition) is 3. The van der Waals surface area contributed by atoms with Gasteiger partial charge in [-0.3, -0.25) is 9.59 Å². The second-order valence-corrected chi connectivity index (χ2v) is 6.49. The average molecular weight is 359 g/mol. The molecule has 1 fully saturated rings. The summed E-state index contributed by atoms with van der Waals surface area (Å²) in [5, 5.41) is 6.31. The molecule has 2 N–H and O–H groups in total. The molecular formula is C19H19ClN2O3. The minimum absolute atomic E-state index is 0.0139. The van der Waals surface area contributed by atoms with Gasteiger partial charge in [-0.25, -0.2) is 0 Å². The summed E-state index contributed by atoms with van der Waals surface area (Å²) in [6.45, 7) is -0.0139. The standard InChI is InChI=1S/C19H19ClN2O3/c1-25-11-18(23)21-14-6-3-7-15(9-14)22-19(24)17-10-16(17)12-4-2-5-13(20)8-12/h2-9,16-17H,10-11H2,1H3,(H,21,23)(H,22,24). The SMILES string of the molecule is COCC(=O)Nc1cccc(NC(=O)C2CC2c2cccc(Cl)c2)c1. The van der Waals surface area contributed by atoms with Gasteiger partial charge in [0.15, 0.2) is 0 Å². The molecule has 2 aromatic carbocycles. The average Bonchev–Trinajstić information content (AvgIpc) is 3.36. The van der Waals surface area contributed by atoms with Gasteiger partial charge in [-0.1, -0.05) is 29.8 Å². The fourth-order valence-electron chi connectivity index (χ4n) is 2.83. The van der Waals surface area contributed by atoms with Crippen LogP contribution in [0.3, 0.4) is 0 Å². The van der Waals surface area contributed by atoms with Gasteiger partial charge in [-0.05, 0) is 48.2 Å². The number of rotatable bonds is 6. The number of amides is 2. The van der Waals surface area contributed by atoms with E-state index in [9.17, 15) is 9.59 Å². The maximum Gasteiger partial charge on any atom is 0.250 e. The lowest BCUT2D eigenvalue weighted by Gasteiger charge is -2.09. The van der Waals surface area contributed by atoms with Gasteiger partial charge in [0.25, 0.3) is 0 Å². The summed E-state index contributed by atoms with van der Waals surface area (Å²) < 4.78 is 4.78. The van der Waals surface area contributed by atoms with Crippen molar-refractivity contribution >= 4 is 34.8 Å². The first kappa shape index (κ1) is 17.5. The smallest absolute Gasteiger partial charge is 0.250 e. The van der Waals surface area contributed by atoms with Crippen LogP contribution < -0.4 is 10.6 Å². The Morgan fingerprint density at radius 1 is 1.12 bits per heavy atom. The van der Waals surface area contributed by atoms with Crippen LogP contribution >= 0.6 is 11.6 Å². The molecule has 2 amide bonds. The topological polar surface area (TPSA) is 67.4 Å². The van der Waals surface area contributed by atoms with E-state index in [1.54, 1.807) is 24.3 Å². The van der Waals surface area contributed by atoms with Gasteiger partial charge < -0.3 is 15.4 Å². The molecule has 3 rings (SSSR count). The van der Waals surface area contributed by atoms with Crippen molar-refractivity contribution in [1.29, 1.82) is 0 Å². The molecule has 1 saturated carbocycles. The van der Waals surface area contributed by atoms with Crippen LogP contribution in [-0.4, -0.2) is 25.5 Å². The number of carbonyl (C=O) groups is 2. The highest BCUT2D eigenvalue weighted by atomic mass is 35.5. The van der Waals surface area contributed by atoms with Gasteiger partial charge in [0.05, 0.1) is 0 Å². The van der Waals surface area contributed by atoms with E-state index in [2.05, 4.69) is 10.6 Å². The molecule has 130 valence electrons. The van der Waals surface area contributed by atoms with Crippen molar-refractivity contribution < 1.29 is 14.3 Å². The summed E-state index contributed by atoms with van der Waals surface area (Å²) in [6.07, 6.45) is 0.816. The number of benzene rings is 2. The molecule has 0 aliphatic heterocycles. The Bertz CT molecular complexity index is 794. The van der Waals surface area contributed by atoms with Crippen LogP contribution in [0.5, 0.6) is 0 Å². The second kappa shape index (κ2) is 7.68. The van der Waals surface area contributed by atoms with E-state index in [0.717, 1.165) is 12.0 Å². The molecule has 6 heteroatoms. The second-order valence-electron chi connectivity index (χ2n) is 6.05. The third-order valence-electron chi connectivity index (χ3n) is 4.09. The molecule has 25 heavy (non-hydrogen) atoms. The van der Waals surface area contributed by atoms with E-state index >= 15 is 0 Å². The largest absolute Gasteiger partial charge is 0.375 e. The van der Waals surface area contributed by atoms with Crippen LogP contribution in [0.4, 0.5) is 11.4 Å². The Morgan fingerprint density at radius 3 is 2.56 bits per heavy atom. The molecule has 5 nitrogen and oxygen atoms in total. The summed E-state index contributed by atoms with van der Waals surface area (Å²) in [5.41, 5.74) is 2.35. The molecule has 2 aromatic rings. The molecule has 0 spiro atoms. The van der Waals surface area contributed by atoms with Gasteiger partial charge >= 0.3 is 0 Å². The fraction of sp³-hybridized carbons (Fsp3) is 0.263. The van der Waals surface area contributed by atoms with Crippen molar-refractivity contribution in [3.63, 3.8) is 0 Å². The molecule has 1 aliphatic rings. The van der Waals surface area contributed by atoms with E-state index in [-0.39, 0.29) is 30.3 Å². The first-order valence-electron chi connectivity index (χ1n) is 8.02. The lowest BCUT2D eigenvalue weighted by molar-refractivity contribution is -0.119. The molecule has 2 unspecified atom stereocenters. The van der Waals surface area contributed by atoms with Crippen LogP contribution in [0.1, 0.15) is 17.9 Å². The number of anilines is 2. The van der Waals surface area contributed by atoms with Crippen LogP contribution in [0.25, 0.3) is 0 Å². The zero-order chi connectivity index (χ0) is 17.8. The third kappa shape index (κ3) is 4.59. The number of methoxy groups -OCH3 is 1. The van der Waals surface area contributed by atoms with Crippen LogP contribution in [0.15, 0.2) is 48.5 Å². The highest BCUT2D eigenvalue weighted by Crippen LogP contribution is 2.48. The number of halogens is 1. The maximum absolute atomic E-state index is 12.4. The van der Waals surface area contributed by atoms with E-state index in [1.807, 2.05) is 24.3 Å². The van der Waals surface area contributed by atoms with Crippen LogP contribution in [0, 0.1) is 5.92 Å². The Morgan fingerprint density at radius 2 is 1.84 bits per heavy atom. The molecular weight excluding hydrogens is 340 g/mol. The highest BCUT2D eigenvalue weighted by Gasteiger charge is 2.43. The van der Waals surface area contributed by atoms with E-state index in [1.165, 1.54) is 7.11 Å². The van der Waals surface area contributed by atoms with Gasteiger partial charge in [0, 0.05) is 29.4 Å². The van der Waals surface area contributed by atoms with E-state index < -0.39 is 0 Å². The van der Waals surface area contributed by atoms with Crippen molar-refractivity contribution in [3.8, 4) is 0 Å². The van der Waals surface area contributed by atoms with Crippen LogP contribution in [-0.2, 0) is 14.3 Å². The number of carbonyl (C=O) groups excluding carboxylic acids is 2. The summed E-state index contributed by atoms with van der Waals surface area (Å²) >= 11 is 6.01. The predicted molar refractivity (Wildman–Crippen MR) is 97.9 cm³/mol. The number of nitrogens with one attached hydrogen (secondary N) is 2. The lowest BCUT2D eigenvalue weighted by Crippen LogP contribution is -2.18. The monoisotopic (exact) mass is 358 g/mol. The normalized spacial score (nSPS) is 18.5. The minimum atomic E-state index is -0.241. The molecule has 1 aliphatic carbocycles. The highest BCUT2D eigenvalue weighted by molar-refractivity contribution is 6.30. The first-order chi connectivity index (χ1) is 12.1. The summed E-state index contributed by atoms with van der Waals surface area (Å²) in [7, 11) is 1.46. The molecule has 0 radical (unpaired) electrons. The van der Waals surface area contributed by atoms with Gasteiger partial charge in [-0.2, -0.15) is 0 Å². The van der Waals surface area contributed by atoms with Gasteiger partial charge in [0.2, 0.25) is 11.8 Å². The molecule has 0 bridgehead atoms. The maximum atomic E-state index is 12.4. The van der Waals surface area contributed by atoms with Crippen molar-refractivity contribution in [1.82, 2.24) is 0 Å². The van der Waals surface area contributed by atoms with Crippen molar-refractivity contribution in [2.24, 2.45) is 5.92 Å². The van der Waals surface area contributed by atoms with Crippen molar-refractivity contribution in [2.75, 3.05) is 24.4 Å². The van der Waals surface area contributed by atoms with Gasteiger partial charge in [-0.15, -0.1) is 0 Å². The van der Waals surface area contributed by atoms with Crippen molar-refractivity contribution in [3.05, 3.63) is 59.1 Å². The molecule has 0 heterocycles. The first-order valence-corrected chi connectivity index (χ1v) is 8.40. The van der Waals surface area contributed by atoms with E-state index in [4.69, 9.17) is 16.3 Å². The summed E-state index contributed by atoms with van der Waals surface area (Å²) in [4.78, 5) is 24.0. The summed E-state index contributed by atoms with van der Waals surface area (Å²) in [5.74, 6) is -0.104. The zero-order valence-electron chi connectivity index (χ0n) is 13.8. The Hall–Kier alpha value is -2.37. The third-order valence-corrected chi connectivity index (χ3v) is 4.33.